The summed E-state index contributed by atoms with van der Waals surface area (Å²) in [6.07, 6.45) is 5.86. The Kier molecular flexibility index (Phi) is 7.99. The largest absolute Gasteiger partial charge is 0.495 e. The second kappa shape index (κ2) is 12.2. The van der Waals surface area contributed by atoms with E-state index in [2.05, 4.69) is 33.1 Å². The average Bonchev–Trinajstić information content (AvgIpc) is 3.70. The number of nitrogens with one attached hydrogen (secondary N) is 3. The Morgan fingerprint density at radius 1 is 1.21 bits per heavy atom. The summed E-state index contributed by atoms with van der Waals surface area (Å²) >= 11 is 1.64. The number of hydrogen-bond donors (Lipinski definition) is 4. The van der Waals surface area contributed by atoms with Gasteiger partial charge in [-0.05, 0) is 42.0 Å². The highest BCUT2D eigenvalue weighted by molar-refractivity contribution is 7.20. The minimum atomic E-state index is -0.222. The van der Waals surface area contributed by atoms with Crippen LogP contribution in [0.25, 0.3) is 38.2 Å². The number of carbonyl (C=O) groups is 2. The number of hydrogen-bond acceptors (Lipinski definition) is 7. The molecule has 0 spiro atoms. The minimum absolute atomic E-state index is 0.00648. The predicted octanol–water partition coefficient (Wildman–Crippen LogP) is 4.93. The van der Waals surface area contributed by atoms with Gasteiger partial charge in [0.25, 0.3) is 5.91 Å². The second-order valence-corrected chi connectivity index (χ2v) is 11.3. The van der Waals surface area contributed by atoms with Crippen LogP contribution in [0.5, 0.6) is 5.75 Å². The van der Waals surface area contributed by atoms with Crippen molar-refractivity contribution in [1.29, 1.82) is 0 Å². The zero-order chi connectivity index (χ0) is 29.9. The lowest BCUT2D eigenvalue weighted by Crippen LogP contribution is -2.34. The number of nitrogens with zero attached hydrogens (tertiary/aromatic N) is 3. The number of thiophene rings is 1. The number of pyridine rings is 1. The Labute approximate surface area is 253 Å². The van der Waals surface area contributed by atoms with Gasteiger partial charge in [0.05, 0.1) is 12.8 Å². The van der Waals surface area contributed by atoms with Crippen LogP contribution in [0, 0.1) is 0 Å². The van der Waals surface area contributed by atoms with Gasteiger partial charge in [0, 0.05) is 77.4 Å². The Morgan fingerprint density at radius 3 is 2.86 bits per heavy atom. The fourth-order valence-electron chi connectivity index (χ4n) is 5.43. The van der Waals surface area contributed by atoms with Crippen molar-refractivity contribution in [2.45, 2.75) is 0 Å². The number of nitrogens with two attached hydrogens (primary N) is 1. The number of urea groups is 1. The predicted molar refractivity (Wildman–Crippen MR) is 174 cm³/mol. The number of benzene rings is 2. The normalized spacial score (nSPS) is 13.3. The third-order valence-corrected chi connectivity index (χ3v) is 8.74. The molecule has 10 nitrogen and oxygen atoms in total. The van der Waals surface area contributed by atoms with Crippen LogP contribution in [0.2, 0.25) is 0 Å². The summed E-state index contributed by atoms with van der Waals surface area (Å²) < 4.78 is 8.66. The van der Waals surface area contributed by atoms with Crippen LogP contribution in [-0.2, 0) is 7.05 Å². The Hall–Kier alpha value is -4.87. The van der Waals surface area contributed by atoms with Gasteiger partial charge in [-0.1, -0.05) is 30.3 Å². The van der Waals surface area contributed by atoms with Gasteiger partial charge >= 0.3 is 6.03 Å². The van der Waals surface area contributed by atoms with Gasteiger partial charge in [-0.3, -0.25) is 4.79 Å². The molecular formula is C32H33N7O3S. The molecule has 2 aromatic carbocycles. The van der Waals surface area contributed by atoms with Gasteiger partial charge in [-0.15, -0.1) is 11.3 Å². The van der Waals surface area contributed by atoms with E-state index in [0.717, 1.165) is 43.5 Å². The van der Waals surface area contributed by atoms with E-state index in [1.54, 1.807) is 29.5 Å². The van der Waals surface area contributed by atoms with Gasteiger partial charge < -0.3 is 35.9 Å². The topological polar surface area (TPSA) is 127 Å². The van der Waals surface area contributed by atoms with E-state index in [1.165, 1.54) is 0 Å². The maximum atomic E-state index is 13.3. The van der Waals surface area contributed by atoms with E-state index < -0.39 is 0 Å². The smallest absolute Gasteiger partial charge is 0.317 e. The van der Waals surface area contributed by atoms with Crippen molar-refractivity contribution in [2.24, 2.45) is 7.05 Å². The molecule has 0 aliphatic carbocycles. The van der Waals surface area contributed by atoms with E-state index >= 15 is 0 Å². The lowest BCUT2D eigenvalue weighted by atomic mass is 10.0. The molecule has 0 radical (unpaired) electrons. The molecule has 4 heterocycles. The SMILES string of the molecule is COc1cc(-c2c(/C=C/CNCCN3CCNC3=O)sc3ccnc(N)c23)ccc1NC(=O)c1cc2ccccc2n1C. The number of ether oxygens (including phenoxy) is 1. The summed E-state index contributed by atoms with van der Waals surface area (Å²) in [4.78, 5) is 32.2. The molecule has 0 unspecified atom stereocenters. The number of nitrogen functional groups attached to an aromatic ring is 1. The first-order valence-electron chi connectivity index (χ1n) is 14.1. The van der Waals surface area contributed by atoms with Gasteiger partial charge in [-0.2, -0.15) is 0 Å². The third-order valence-electron chi connectivity index (χ3n) is 7.62. The molecule has 0 bridgehead atoms. The van der Waals surface area contributed by atoms with Crippen molar-refractivity contribution in [3.05, 3.63) is 77.4 Å². The molecule has 3 aromatic heterocycles. The molecular weight excluding hydrogens is 562 g/mol. The Morgan fingerprint density at radius 2 is 2.07 bits per heavy atom. The number of methoxy groups -OCH3 is 1. The molecule has 1 saturated heterocycles. The lowest BCUT2D eigenvalue weighted by Gasteiger charge is -2.13. The Bertz CT molecular complexity index is 1860. The van der Waals surface area contributed by atoms with Crippen molar-refractivity contribution in [1.82, 2.24) is 25.1 Å². The van der Waals surface area contributed by atoms with E-state index in [9.17, 15) is 9.59 Å². The van der Waals surface area contributed by atoms with Crippen molar-refractivity contribution < 1.29 is 14.3 Å². The van der Waals surface area contributed by atoms with Crippen LogP contribution < -0.4 is 26.4 Å². The molecule has 1 aliphatic rings. The molecule has 0 saturated carbocycles. The molecule has 220 valence electrons. The number of amides is 3. The number of anilines is 2. The van der Waals surface area contributed by atoms with E-state index in [-0.39, 0.29) is 11.9 Å². The molecule has 5 aromatic rings. The summed E-state index contributed by atoms with van der Waals surface area (Å²) in [5, 5.41) is 11.1. The van der Waals surface area contributed by atoms with Crippen LogP contribution in [0.15, 0.2) is 66.9 Å². The summed E-state index contributed by atoms with van der Waals surface area (Å²) in [5.41, 5.74) is 10.4. The minimum Gasteiger partial charge on any atom is -0.495 e. The third kappa shape index (κ3) is 5.64. The zero-order valence-corrected chi connectivity index (χ0v) is 24.8. The maximum absolute atomic E-state index is 13.3. The quantitative estimate of drug-likeness (QED) is 0.170. The first-order chi connectivity index (χ1) is 20.9. The van der Waals surface area contributed by atoms with E-state index in [1.807, 2.05) is 66.2 Å². The summed E-state index contributed by atoms with van der Waals surface area (Å²) in [6.45, 7) is 3.47. The highest BCUT2D eigenvalue weighted by Crippen LogP contribution is 2.43. The average molecular weight is 596 g/mol. The number of rotatable bonds is 10. The van der Waals surface area contributed by atoms with Crippen LogP contribution in [0.1, 0.15) is 15.4 Å². The van der Waals surface area contributed by atoms with Crippen LogP contribution >= 0.6 is 11.3 Å². The number of aromatic nitrogens is 2. The van der Waals surface area contributed by atoms with E-state index in [4.69, 9.17) is 10.5 Å². The van der Waals surface area contributed by atoms with Crippen molar-refractivity contribution in [3.8, 4) is 16.9 Å². The highest BCUT2D eigenvalue weighted by Gasteiger charge is 2.20. The van der Waals surface area contributed by atoms with Crippen molar-refractivity contribution >= 4 is 61.8 Å². The van der Waals surface area contributed by atoms with Gasteiger partial charge in [0.2, 0.25) is 0 Å². The lowest BCUT2D eigenvalue weighted by molar-refractivity contribution is 0.101. The first-order valence-corrected chi connectivity index (χ1v) is 14.9. The molecule has 3 amide bonds. The summed E-state index contributed by atoms with van der Waals surface area (Å²) in [5.74, 6) is 0.771. The molecule has 1 aliphatic heterocycles. The number of fused-ring (bicyclic) bond motifs is 2. The summed E-state index contributed by atoms with van der Waals surface area (Å²) in [6, 6.07) is 17.5. The molecule has 43 heavy (non-hydrogen) atoms. The van der Waals surface area contributed by atoms with Gasteiger partial charge in [-0.25, -0.2) is 9.78 Å². The zero-order valence-electron chi connectivity index (χ0n) is 24.0. The summed E-state index contributed by atoms with van der Waals surface area (Å²) in [7, 11) is 3.47. The van der Waals surface area contributed by atoms with Gasteiger partial charge in [0.15, 0.2) is 0 Å². The number of aryl methyl sites for hydroxylation is 1. The molecule has 1 fully saturated rings. The molecule has 11 heteroatoms. The second-order valence-electron chi connectivity index (χ2n) is 10.3. The number of para-hydroxylation sites is 1. The molecule has 6 rings (SSSR count). The molecule has 5 N–H and O–H groups in total. The van der Waals surface area contributed by atoms with Crippen LogP contribution in [0.4, 0.5) is 16.3 Å². The van der Waals surface area contributed by atoms with Crippen LogP contribution in [-0.4, -0.2) is 66.2 Å². The van der Waals surface area contributed by atoms with E-state index in [0.29, 0.717) is 49.1 Å². The van der Waals surface area contributed by atoms with Crippen LogP contribution in [0.3, 0.4) is 0 Å². The standard InChI is InChI=1S/C32H33N7O3S/c1-38-23-7-4-3-6-20(23)18-24(38)31(40)37-22-10-9-21(19-25(22)42-2)28-26(43-27-11-13-35-30(33)29(27)28)8-5-12-34-14-16-39-17-15-36-32(39)41/h3-11,13,18-19,34H,12,14-17H2,1-2H3,(H2,33,35)(H,36,41)(H,37,40)/b8-5+. The molecule has 0 atom stereocenters. The monoisotopic (exact) mass is 595 g/mol. The van der Waals surface area contributed by atoms with Crippen molar-refractivity contribution in [2.75, 3.05) is 50.9 Å². The van der Waals surface area contributed by atoms with Gasteiger partial charge in [0.1, 0.15) is 17.3 Å². The fraction of sp³-hybridized carbons (Fsp3) is 0.219. The number of carbonyl (C=O) groups excluding carboxylic acids is 2. The highest BCUT2D eigenvalue weighted by atomic mass is 32.1. The first kappa shape index (κ1) is 28.3. The van der Waals surface area contributed by atoms with Crippen molar-refractivity contribution in [3.63, 3.8) is 0 Å². The Balaban J connectivity index is 1.24. The fourth-order valence-corrected chi connectivity index (χ4v) is 6.59. The maximum Gasteiger partial charge on any atom is 0.317 e.